The number of ketones is 2. The summed E-state index contributed by atoms with van der Waals surface area (Å²) >= 11 is 3.37. The van der Waals surface area contributed by atoms with E-state index < -0.39 is 0 Å². The Bertz CT molecular complexity index is 2130. The van der Waals surface area contributed by atoms with Crippen LogP contribution in [0.3, 0.4) is 0 Å². The van der Waals surface area contributed by atoms with Crippen molar-refractivity contribution in [2.24, 2.45) is 0 Å². The number of ether oxygens (including phenoxy) is 2. The number of hydrogen-bond donors (Lipinski definition) is 0. The van der Waals surface area contributed by atoms with Crippen molar-refractivity contribution in [3.8, 4) is 0 Å². The number of nitrogens with zero attached hydrogens (tertiary/aromatic N) is 4. The maximum absolute atomic E-state index is 12.9. The largest absolute Gasteiger partial charge is 0.373 e. The van der Waals surface area contributed by atoms with E-state index in [0.717, 1.165) is 52.8 Å². The molecule has 0 bridgehead atoms. The molecular weight excluding hydrogens is 725 g/mol. The number of likely N-dealkylation sites (N-methyl/N-ethyl adjacent to an activating group) is 1. The lowest BCUT2D eigenvalue weighted by Crippen LogP contribution is -2.26. The van der Waals surface area contributed by atoms with Gasteiger partial charge in [0.05, 0.1) is 5.41 Å². The Kier molecular flexibility index (Phi) is 12.6. The average Bonchev–Trinajstić information content (AvgIpc) is 3.88. The first kappa shape index (κ1) is 40.7. The highest BCUT2D eigenvalue weighted by atomic mass is 32.2. The maximum atomic E-state index is 12.9. The van der Waals surface area contributed by atoms with Crippen LogP contribution in [0.5, 0.6) is 0 Å². The maximum Gasteiger partial charge on any atom is 0.210 e. The highest BCUT2D eigenvalue weighted by molar-refractivity contribution is 8.04. The van der Waals surface area contributed by atoms with E-state index in [2.05, 4.69) is 105 Å². The van der Waals surface area contributed by atoms with E-state index >= 15 is 0 Å². The second-order valence-electron chi connectivity index (χ2n) is 15.5. The number of hydrogen-bond acceptors (Lipinski definition) is 9. The Morgan fingerprint density at radius 2 is 1.53 bits per heavy atom. The molecule has 0 saturated carbocycles. The van der Waals surface area contributed by atoms with E-state index in [1.165, 1.54) is 38.6 Å². The zero-order valence-corrected chi connectivity index (χ0v) is 35.5. The van der Waals surface area contributed by atoms with Gasteiger partial charge in [0, 0.05) is 70.8 Å². The number of fused-ring (bicyclic) bond motifs is 2. The molecule has 3 aromatic rings. The molecule has 0 saturated heterocycles. The summed E-state index contributed by atoms with van der Waals surface area (Å²) in [6.07, 6.45) is 13.6. The zero-order valence-electron chi connectivity index (χ0n) is 33.9. The summed E-state index contributed by atoms with van der Waals surface area (Å²) < 4.78 is 14.3. The molecule has 0 fully saturated rings. The van der Waals surface area contributed by atoms with E-state index in [9.17, 15) is 9.59 Å². The van der Waals surface area contributed by atoms with Crippen molar-refractivity contribution >= 4 is 51.8 Å². The quantitative estimate of drug-likeness (QED) is 0.0808. The molecular formula is C45H55N4O4S2+. The van der Waals surface area contributed by atoms with E-state index in [4.69, 9.17) is 9.47 Å². The standard InChI is InChI=1S/C45H55N4O4S2/c1-10-23-52-27-37(50)31-15-19-33-35(25-31)48(8)39(44(33,4)5)21-17-29-13-14-30(42(29)55-43-47-46-41(12-3)54-43)18-22-40-45(6,7)34-20-16-32(26-36(34)49(40)9)38(51)28-53-24-11-2/h15-22,25-26H,10-14,23-24,27-28H2,1-9H3/q+1. The first-order valence-corrected chi connectivity index (χ1v) is 21.1. The fourth-order valence-corrected chi connectivity index (χ4v) is 9.92. The van der Waals surface area contributed by atoms with Crippen LogP contribution >= 0.6 is 23.1 Å². The Hall–Kier alpha value is -3.96. The molecule has 1 aliphatic carbocycles. The SMILES string of the molecule is CCCOCC(=O)c1ccc2c(c1)N(C)C(=CC=C1CCC(C=CC3=[N+](C)c4cc(C(=O)COCCC)ccc4C3(C)C)=C1Sc1nnc(CC)s1)C2(C)C. The first-order valence-electron chi connectivity index (χ1n) is 19.5. The van der Waals surface area contributed by atoms with Crippen LogP contribution in [-0.2, 0) is 26.7 Å². The van der Waals surface area contributed by atoms with Crippen LogP contribution in [0.4, 0.5) is 11.4 Å². The van der Waals surface area contributed by atoms with Gasteiger partial charge in [0.1, 0.15) is 25.3 Å². The molecule has 6 rings (SSSR count). The van der Waals surface area contributed by atoms with Crippen LogP contribution in [-0.4, -0.2) is 72.6 Å². The minimum atomic E-state index is -0.244. The van der Waals surface area contributed by atoms with Gasteiger partial charge < -0.3 is 14.4 Å². The molecule has 2 aromatic carbocycles. The lowest BCUT2D eigenvalue weighted by atomic mass is 9.81. The highest BCUT2D eigenvalue weighted by Gasteiger charge is 2.43. The first-order chi connectivity index (χ1) is 26.3. The number of thioether (sulfide) groups is 1. The van der Waals surface area contributed by atoms with Crippen molar-refractivity contribution in [1.29, 1.82) is 0 Å². The van der Waals surface area contributed by atoms with Gasteiger partial charge in [-0.3, -0.25) is 9.59 Å². The van der Waals surface area contributed by atoms with Crippen molar-refractivity contribution in [3.05, 3.63) is 110 Å². The smallest absolute Gasteiger partial charge is 0.210 e. The number of carbonyl (C=O) groups is 2. The number of rotatable bonds is 16. The minimum Gasteiger partial charge on any atom is -0.373 e. The molecule has 0 radical (unpaired) electrons. The fourth-order valence-electron chi connectivity index (χ4n) is 7.84. The van der Waals surface area contributed by atoms with Crippen LogP contribution < -0.4 is 4.90 Å². The Morgan fingerprint density at radius 3 is 2.16 bits per heavy atom. The molecule has 2 aliphatic heterocycles. The molecule has 0 N–H and O–H groups in total. The Morgan fingerprint density at radius 1 is 0.873 bits per heavy atom. The number of anilines is 1. The number of aromatic nitrogens is 2. The van der Waals surface area contributed by atoms with E-state index in [0.29, 0.717) is 24.3 Å². The second-order valence-corrected chi connectivity index (χ2v) is 17.8. The average molecular weight is 780 g/mol. The summed E-state index contributed by atoms with van der Waals surface area (Å²) in [5.41, 5.74) is 10.3. The van der Waals surface area contributed by atoms with Gasteiger partial charge >= 0.3 is 0 Å². The third-order valence-electron chi connectivity index (χ3n) is 10.9. The number of carbonyl (C=O) groups excluding carboxylic acids is 2. The van der Waals surface area contributed by atoms with Crippen LogP contribution in [0.1, 0.15) is 111 Å². The predicted molar refractivity (Wildman–Crippen MR) is 226 cm³/mol. The van der Waals surface area contributed by atoms with Crippen LogP contribution in [0.2, 0.25) is 0 Å². The summed E-state index contributed by atoms with van der Waals surface area (Å²) in [5, 5.41) is 10.0. The van der Waals surface area contributed by atoms with Crippen molar-refractivity contribution < 1.29 is 23.6 Å². The molecule has 3 aliphatic rings. The number of aryl methyl sites for hydroxylation is 1. The summed E-state index contributed by atoms with van der Waals surface area (Å²) in [5.74, 6) is 0.00971. The molecule has 3 heterocycles. The number of benzene rings is 2. The van der Waals surface area contributed by atoms with Crippen molar-refractivity contribution in [2.75, 3.05) is 45.4 Å². The van der Waals surface area contributed by atoms with Crippen LogP contribution in [0, 0.1) is 0 Å². The normalized spacial score (nSPS) is 18.7. The van der Waals surface area contributed by atoms with Gasteiger partial charge in [0.15, 0.2) is 21.6 Å². The number of Topliss-reactive ketones (excluding diaryl/α,β-unsaturated/α-hetero) is 2. The topological polar surface area (TPSA) is 84.6 Å². The minimum absolute atomic E-state index is 0.00485. The number of allylic oxidation sites excluding steroid dienone is 7. The van der Waals surface area contributed by atoms with E-state index in [1.807, 2.05) is 38.1 Å². The van der Waals surface area contributed by atoms with Crippen molar-refractivity contribution in [2.45, 2.75) is 95.7 Å². The Balaban J connectivity index is 1.32. The second kappa shape index (κ2) is 17.0. The summed E-state index contributed by atoms with van der Waals surface area (Å²) in [6.45, 7) is 16.6. The molecule has 1 aromatic heterocycles. The molecule has 10 heteroatoms. The lowest BCUT2D eigenvalue weighted by Gasteiger charge is -2.23. The summed E-state index contributed by atoms with van der Waals surface area (Å²) in [4.78, 5) is 29.3. The third kappa shape index (κ3) is 8.29. The molecule has 0 unspecified atom stereocenters. The van der Waals surface area contributed by atoms with Crippen LogP contribution in [0.15, 0.2) is 86.8 Å². The third-order valence-corrected chi connectivity index (χ3v) is 13.3. The molecule has 8 nitrogen and oxygen atoms in total. The van der Waals surface area contributed by atoms with Gasteiger partial charge in [-0.05, 0) is 74.8 Å². The monoisotopic (exact) mass is 779 g/mol. The molecule has 55 heavy (non-hydrogen) atoms. The van der Waals surface area contributed by atoms with Crippen molar-refractivity contribution in [3.63, 3.8) is 0 Å². The molecule has 0 spiro atoms. The molecule has 0 amide bonds. The van der Waals surface area contributed by atoms with Crippen LogP contribution in [0.25, 0.3) is 0 Å². The molecule has 0 atom stereocenters. The summed E-state index contributed by atoms with van der Waals surface area (Å²) in [7, 11) is 4.19. The fraction of sp³-hybridized carbons (Fsp3) is 0.444. The lowest BCUT2D eigenvalue weighted by molar-refractivity contribution is -0.401. The van der Waals surface area contributed by atoms with Gasteiger partial charge in [-0.2, -0.15) is 4.58 Å². The zero-order chi connectivity index (χ0) is 39.5. The van der Waals surface area contributed by atoms with E-state index in [1.54, 1.807) is 23.1 Å². The van der Waals surface area contributed by atoms with Gasteiger partial charge in [0.2, 0.25) is 5.69 Å². The van der Waals surface area contributed by atoms with Gasteiger partial charge in [-0.15, -0.1) is 10.2 Å². The predicted octanol–water partition coefficient (Wildman–Crippen LogP) is 9.96. The molecule has 290 valence electrons. The van der Waals surface area contributed by atoms with Gasteiger partial charge in [-0.25, -0.2) is 0 Å². The van der Waals surface area contributed by atoms with E-state index in [-0.39, 0.29) is 35.6 Å². The van der Waals surface area contributed by atoms with Gasteiger partial charge in [-0.1, -0.05) is 94.1 Å². The van der Waals surface area contributed by atoms with Gasteiger partial charge in [0.25, 0.3) is 0 Å². The van der Waals surface area contributed by atoms with Crippen molar-refractivity contribution in [1.82, 2.24) is 10.2 Å². The Labute approximate surface area is 335 Å². The highest BCUT2D eigenvalue weighted by Crippen LogP contribution is 2.49. The summed E-state index contributed by atoms with van der Waals surface area (Å²) in [6, 6.07) is 12.1.